The Morgan fingerprint density at radius 3 is 2.67 bits per heavy atom. The highest BCUT2D eigenvalue weighted by Gasteiger charge is 2.61. The van der Waals surface area contributed by atoms with Crippen molar-refractivity contribution in [3.63, 3.8) is 0 Å². The lowest BCUT2D eigenvalue weighted by Crippen LogP contribution is -2.64. The predicted octanol–water partition coefficient (Wildman–Crippen LogP) is 2.52. The van der Waals surface area contributed by atoms with Crippen LogP contribution in [0.25, 0.3) is 5.65 Å². The Balaban J connectivity index is 1.36. The van der Waals surface area contributed by atoms with E-state index in [1.807, 2.05) is 13.0 Å². The van der Waals surface area contributed by atoms with Crippen LogP contribution in [0.1, 0.15) is 56.7 Å². The summed E-state index contributed by atoms with van der Waals surface area (Å²) in [6.07, 6.45) is 7.11. The van der Waals surface area contributed by atoms with Crippen molar-refractivity contribution < 1.29 is 14.3 Å². The highest BCUT2D eigenvalue weighted by Crippen LogP contribution is 2.62. The molecule has 2 aromatic heterocycles. The molecule has 4 saturated carbocycles. The van der Waals surface area contributed by atoms with E-state index in [2.05, 4.69) is 10.3 Å². The van der Waals surface area contributed by atoms with Gasteiger partial charge in [0.2, 0.25) is 5.91 Å². The summed E-state index contributed by atoms with van der Waals surface area (Å²) in [5, 5.41) is 3.17. The Hall–Kier alpha value is -2.70. The van der Waals surface area contributed by atoms with Crippen LogP contribution in [0.3, 0.4) is 0 Å². The molecule has 158 valence electrons. The highest BCUT2D eigenvalue weighted by molar-refractivity contribution is 5.79. The molecule has 0 spiro atoms. The summed E-state index contributed by atoms with van der Waals surface area (Å²) in [6, 6.07) is 5.12. The van der Waals surface area contributed by atoms with Gasteiger partial charge < -0.3 is 10.1 Å². The molecule has 30 heavy (non-hydrogen) atoms. The van der Waals surface area contributed by atoms with E-state index in [4.69, 9.17) is 4.74 Å². The lowest BCUT2D eigenvalue weighted by Gasteiger charge is -2.60. The number of pyridine rings is 1. The van der Waals surface area contributed by atoms with Crippen LogP contribution in [-0.4, -0.2) is 26.8 Å². The Morgan fingerprint density at radius 1 is 1.23 bits per heavy atom. The second-order valence-corrected chi connectivity index (χ2v) is 9.80. The highest BCUT2D eigenvalue weighted by atomic mass is 16.5. The molecule has 2 atom stereocenters. The molecule has 6 rings (SSSR count). The van der Waals surface area contributed by atoms with Crippen LogP contribution in [-0.2, 0) is 20.9 Å². The number of carbonyl (C=O) groups is 2. The first-order valence-corrected chi connectivity index (χ1v) is 10.7. The molecular formula is C23H27N3O4. The SMILES string of the molecule is CC(=O)NC12C[C@H]3C[C@H](C1)CC(C(=O)OCc1cc(=O)n4cc(C)ccc4n1)(C3)C2. The minimum Gasteiger partial charge on any atom is -0.459 e. The fourth-order valence-corrected chi connectivity index (χ4v) is 6.65. The number of amides is 1. The maximum Gasteiger partial charge on any atom is 0.312 e. The number of rotatable bonds is 4. The molecule has 2 heterocycles. The van der Waals surface area contributed by atoms with Crippen molar-refractivity contribution in [1.82, 2.24) is 14.7 Å². The van der Waals surface area contributed by atoms with Crippen molar-refractivity contribution in [2.24, 2.45) is 17.3 Å². The number of fused-ring (bicyclic) bond motifs is 1. The van der Waals surface area contributed by atoms with Crippen LogP contribution in [0.15, 0.2) is 29.2 Å². The van der Waals surface area contributed by atoms with E-state index in [1.54, 1.807) is 19.2 Å². The van der Waals surface area contributed by atoms with Gasteiger partial charge in [-0.3, -0.25) is 18.8 Å². The van der Waals surface area contributed by atoms with Crippen LogP contribution >= 0.6 is 0 Å². The van der Waals surface area contributed by atoms with E-state index in [1.165, 1.54) is 10.5 Å². The lowest BCUT2D eigenvalue weighted by molar-refractivity contribution is -0.177. The number of carbonyl (C=O) groups excluding carboxylic acids is 2. The molecule has 0 aliphatic heterocycles. The van der Waals surface area contributed by atoms with E-state index >= 15 is 0 Å². The fourth-order valence-electron chi connectivity index (χ4n) is 6.65. The number of hydrogen-bond acceptors (Lipinski definition) is 5. The maximum atomic E-state index is 13.2. The Labute approximate surface area is 174 Å². The third-order valence-electron chi connectivity index (χ3n) is 7.15. The molecular weight excluding hydrogens is 382 g/mol. The van der Waals surface area contributed by atoms with Gasteiger partial charge in [-0.2, -0.15) is 0 Å². The third kappa shape index (κ3) is 3.20. The van der Waals surface area contributed by atoms with Crippen molar-refractivity contribution in [1.29, 1.82) is 0 Å². The Kier molecular flexibility index (Phi) is 4.27. The molecule has 0 radical (unpaired) electrons. The van der Waals surface area contributed by atoms with Crippen molar-refractivity contribution in [2.75, 3.05) is 0 Å². The second-order valence-electron chi connectivity index (χ2n) is 9.80. The minimum absolute atomic E-state index is 0.0112. The van der Waals surface area contributed by atoms with Crippen LogP contribution in [0.5, 0.6) is 0 Å². The summed E-state index contributed by atoms with van der Waals surface area (Å²) in [5.74, 6) is 0.670. The van der Waals surface area contributed by atoms with Gasteiger partial charge in [0, 0.05) is 24.7 Å². The molecule has 1 amide bonds. The monoisotopic (exact) mass is 409 g/mol. The Morgan fingerprint density at radius 2 is 1.97 bits per heavy atom. The van der Waals surface area contributed by atoms with Crippen LogP contribution in [0.2, 0.25) is 0 Å². The summed E-state index contributed by atoms with van der Waals surface area (Å²) < 4.78 is 7.23. The third-order valence-corrected chi connectivity index (χ3v) is 7.15. The molecule has 1 N–H and O–H groups in total. The quantitative estimate of drug-likeness (QED) is 0.784. The maximum absolute atomic E-state index is 13.2. The fraction of sp³-hybridized carbons (Fsp3) is 0.565. The van der Waals surface area contributed by atoms with E-state index < -0.39 is 5.41 Å². The van der Waals surface area contributed by atoms with Gasteiger partial charge in [0.05, 0.1) is 11.1 Å². The number of aromatic nitrogens is 2. The van der Waals surface area contributed by atoms with E-state index in [9.17, 15) is 14.4 Å². The molecule has 4 bridgehead atoms. The normalized spacial score (nSPS) is 31.7. The van der Waals surface area contributed by atoms with Crippen LogP contribution in [0, 0.1) is 24.2 Å². The molecule has 7 nitrogen and oxygen atoms in total. The number of nitrogens with zero attached hydrogens (tertiary/aromatic N) is 2. The zero-order chi connectivity index (χ0) is 21.1. The lowest BCUT2D eigenvalue weighted by atomic mass is 9.47. The van der Waals surface area contributed by atoms with Crippen molar-refractivity contribution in [2.45, 2.75) is 64.5 Å². The molecule has 0 unspecified atom stereocenters. The summed E-state index contributed by atoms with van der Waals surface area (Å²) in [6.45, 7) is 3.46. The van der Waals surface area contributed by atoms with Gasteiger partial charge in [-0.1, -0.05) is 6.07 Å². The summed E-state index contributed by atoms with van der Waals surface area (Å²) in [5.41, 5.74) is 0.981. The van der Waals surface area contributed by atoms with E-state index in [0.29, 0.717) is 29.6 Å². The number of esters is 1. The van der Waals surface area contributed by atoms with Gasteiger partial charge in [-0.25, -0.2) is 4.98 Å². The standard InChI is InChI=1S/C23H27N3O4/c1-14-3-4-19-24-18(6-20(28)26(19)11-14)12-30-21(29)22-7-16-5-17(8-22)10-23(9-16,13-22)25-15(2)27/h3-4,6,11,16-17H,5,7-10,12-13H2,1-2H3,(H,25,27)/t16-,17-,22?,23?/m0/s1. The first-order valence-electron chi connectivity index (χ1n) is 10.7. The van der Waals surface area contributed by atoms with Gasteiger partial charge in [-0.05, 0) is 68.9 Å². The Bertz CT molecular complexity index is 1090. The molecule has 0 saturated heterocycles. The molecule has 0 aromatic carbocycles. The molecule has 7 heteroatoms. The van der Waals surface area contributed by atoms with Gasteiger partial charge in [-0.15, -0.1) is 0 Å². The summed E-state index contributed by atoms with van der Waals surface area (Å²) >= 11 is 0. The van der Waals surface area contributed by atoms with Crippen molar-refractivity contribution in [3.8, 4) is 0 Å². The summed E-state index contributed by atoms with van der Waals surface area (Å²) in [4.78, 5) is 41.9. The number of hydrogen-bond donors (Lipinski definition) is 1. The van der Waals surface area contributed by atoms with Gasteiger partial charge in [0.1, 0.15) is 12.3 Å². The second kappa shape index (κ2) is 6.65. The van der Waals surface area contributed by atoms with E-state index in [-0.39, 0.29) is 29.6 Å². The minimum atomic E-state index is -0.532. The number of ether oxygens (including phenoxy) is 1. The van der Waals surface area contributed by atoms with Crippen molar-refractivity contribution >= 4 is 17.5 Å². The average Bonchev–Trinajstić information content (AvgIpc) is 2.64. The van der Waals surface area contributed by atoms with Crippen LogP contribution < -0.4 is 10.9 Å². The van der Waals surface area contributed by atoms with E-state index in [0.717, 1.165) is 37.7 Å². The largest absolute Gasteiger partial charge is 0.459 e. The molecule has 4 aliphatic rings. The predicted molar refractivity (Wildman–Crippen MR) is 110 cm³/mol. The van der Waals surface area contributed by atoms with Crippen LogP contribution in [0.4, 0.5) is 0 Å². The molecule has 4 aliphatic carbocycles. The van der Waals surface area contributed by atoms with Crippen molar-refractivity contribution in [3.05, 3.63) is 46.0 Å². The zero-order valence-electron chi connectivity index (χ0n) is 17.4. The zero-order valence-corrected chi connectivity index (χ0v) is 17.4. The van der Waals surface area contributed by atoms with Gasteiger partial charge >= 0.3 is 5.97 Å². The first-order chi connectivity index (χ1) is 14.3. The summed E-state index contributed by atoms with van der Waals surface area (Å²) in [7, 11) is 0. The van der Waals surface area contributed by atoms with Gasteiger partial charge in [0.25, 0.3) is 5.56 Å². The first kappa shape index (κ1) is 19.3. The number of aryl methyl sites for hydroxylation is 1. The average molecular weight is 409 g/mol. The topological polar surface area (TPSA) is 89.8 Å². The smallest absolute Gasteiger partial charge is 0.312 e. The molecule has 2 aromatic rings. The molecule has 4 fully saturated rings. The van der Waals surface area contributed by atoms with Gasteiger partial charge in [0.15, 0.2) is 0 Å². The number of nitrogens with one attached hydrogen (secondary N) is 1.